The van der Waals surface area contributed by atoms with Crippen molar-refractivity contribution >= 4 is 11.8 Å². The summed E-state index contributed by atoms with van der Waals surface area (Å²) in [6, 6.07) is 8.97. The number of carbonyl (C=O) groups is 2. The van der Waals surface area contributed by atoms with Crippen LogP contribution >= 0.6 is 0 Å². The molecule has 114 valence electrons. The van der Waals surface area contributed by atoms with E-state index in [-0.39, 0.29) is 17.9 Å². The van der Waals surface area contributed by atoms with Gasteiger partial charge in [0, 0.05) is 24.2 Å². The lowest BCUT2D eigenvalue weighted by Crippen LogP contribution is -2.47. The quantitative estimate of drug-likeness (QED) is 0.868. The van der Waals surface area contributed by atoms with Crippen LogP contribution in [0.2, 0.25) is 0 Å². The van der Waals surface area contributed by atoms with E-state index in [1.54, 1.807) is 11.8 Å². The first kappa shape index (κ1) is 15.8. The van der Waals surface area contributed by atoms with Gasteiger partial charge in [-0.15, -0.1) is 11.8 Å². The Kier molecular flexibility index (Phi) is 5.00. The van der Waals surface area contributed by atoms with Crippen LogP contribution in [-0.4, -0.2) is 23.3 Å². The molecule has 2 amide bonds. The van der Waals surface area contributed by atoms with E-state index in [0.29, 0.717) is 24.2 Å². The topological polar surface area (TPSA) is 49.4 Å². The Bertz CT molecular complexity index is 665. The second-order valence-corrected chi connectivity index (χ2v) is 5.18. The number of urea groups is 1. The molecule has 1 aromatic carbocycles. The fourth-order valence-corrected chi connectivity index (χ4v) is 2.70. The van der Waals surface area contributed by atoms with E-state index >= 15 is 0 Å². The van der Waals surface area contributed by atoms with Crippen LogP contribution in [0.15, 0.2) is 41.6 Å². The van der Waals surface area contributed by atoms with E-state index in [1.165, 1.54) is 6.92 Å². The van der Waals surface area contributed by atoms with E-state index in [4.69, 9.17) is 0 Å². The summed E-state index contributed by atoms with van der Waals surface area (Å²) in [5.74, 6) is 5.73. The highest BCUT2D eigenvalue weighted by Crippen LogP contribution is 2.30. The number of hydrogen-bond acceptors (Lipinski definition) is 2. The molecule has 0 saturated carbocycles. The van der Waals surface area contributed by atoms with Gasteiger partial charge in [0.1, 0.15) is 0 Å². The number of hydrogen-bond donors (Lipinski definition) is 1. The number of amides is 2. The van der Waals surface area contributed by atoms with Crippen molar-refractivity contribution in [3.05, 3.63) is 47.2 Å². The van der Waals surface area contributed by atoms with Crippen molar-refractivity contribution in [3.8, 4) is 11.8 Å². The number of allylic oxidation sites excluding steroid dienone is 1. The molecule has 0 radical (unpaired) electrons. The summed E-state index contributed by atoms with van der Waals surface area (Å²) in [7, 11) is 0. The molecule has 1 unspecified atom stereocenters. The number of nitrogens with zero attached hydrogens (tertiary/aromatic N) is 1. The number of Topliss-reactive ketones (excluding diaryl/α,β-unsaturated/α-hetero) is 1. The van der Waals surface area contributed by atoms with Crippen molar-refractivity contribution in [1.29, 1.82) is 0 Å². The Hall–Kier alpha value is -2.54. The summed E-state index contributed by atoms with van der Waals surface area (Å²) in [4.78, 5) is 26.1. The third kappa shape index (κ3) is 3.20. The highest BCUT2D eigenvalue weighted by molar-refractivity contribution is 5.98. The van der Waals surface area contributed by atoms with Gasteiger partial charge in [0.25, 0.3) is 0 Å². The Balaban J connectivity index is 2.40. The highest BCUT2D eigenvalue weighted by Gasteiger charge is 2.33. The van der Waals surface area contributed by atoms with E-state index in [2.05, 4.69) is 17.2 Å². The molecule has 1 N–H and O–H groups in total. The Labute approximate surface area is 131 Å². The predicted molar refractivity (Wildman–Crippen MR) is 85.9 cm³/mol. The van der Waals surface area contributed by atoms with Crippen molar-refractivity contribution < 1.29 is 9.59 Å². The smallest absolute Gasteiger partial charge is 0.322 e. The molecule has 0 aromatic heterocycles. The van der Waals surface area contributed by atoms with Gasteiger partial charge in [0.2, 0.25) is 0 Å². The standard InChI is InChI=1S/C18H20N2O2/c1-4-5-9-12-20-13(2)16(14(3)21)17(19-18(20)22)15-10-7-6-8-11-15/h6-8,10-11,17H,9,12H2,1-3H3,(H,19,22). The Morgan fingerprint density at radius 2 is 2.00 bits per heavy atom. The minimum Gasteiger partial charge on any atom is -0.327 e. The van der Waals surface area contributed by atoms with Crippen LogP contribution in [-0.2, 0) is 4.79 Å². The van der Waals surface area contributed by atoms with Gasteiger partial charge in [-0.1, -0.05) is 30.3 Å². The summed E-state index contributed by atoms with van der Waals surface area (Å²) in [6.07, 6.45) is 0.586. The van der Waals surface area contributed by atoms with Crippen LogP contribution in [0.4, 0.5) is 4.79 Å². The minimum atomic E-state index is -0.389. The third-order valence-electron chi connectivity index (χ3n) is 3.75. The monoisotopic (exact) mass is 296 g/mol. The maximum absolute atomic E-state index is 12.4. The van der Waals surface area contributed by atoms with E-state index < -0.39 is 0 Å². The van der Waals surface area contributed by atoms with Gasteiger partial charge in [-0.25, -0.2) is 4.79 Å². The van der Waals surface area contributed by atoms with Gasteiger partial charge in [-0.2, -0.15) is 0 Å². The summed E-state index contributed by atoms with van der Waals surface area (Å²) < 4.78 is 0. The van der Waals surface area contributed by atoms with Crippen LogP contribution < -0.4 is 5.32 Å². The summed E-state index contributed by atoms with van der Waals surface area (Å²) in [5.41, 5.74) is 2.26. The van der Waals surface area contributed by atoms with Crippen molar-refractivity contribution in [2.75, 3.05) is 6.54 Å². The molecule has 0 bridgehead atoms. The van der Waals surface area contributed by atoms with Gasteiger partial charge in [0.15, 0.2) is 5.78 Å². The van der Waals surface area contributed by atoms with Gasteiger partial charge < -0.3 is 5.32 Å². The number of ketones is 1. The predicted octanol–water partition coefficient (Wildman–Crippen LogP) is 3.03. The van der Waals surface area contributed by atoms with Crippen molar-refractivity contribution in [2.24, 2.45) is 0 Å². The van der Waals surface area contributed by atoms with Gasteiger partial charge in [-0.05, 0) is 26.3 Å². The van der Waals surface area contributed by atoms with Gasteiger partial charge in [0.05, 0.1) is 6.04 Å². The van der Waals surface area contributed by atoms with Crippen molar-refractivity contribution in [1.82, 2.24) is 10.2 Å². The zero-order chi connectivity index (χ0) is 16.1. The minimum absolute atomic E-state index is 0.0297. The van der Waals surface area contributed by atoms with E-state index in [9.17, 15) is 9.59 Å². The second kappa shape index (κ2) is 6.95. The molecule has 0 saturated heterocycles. The molecule has 0 aliphatic carbocycles. The Morgan fingerprint density at radius 3 is 2.59 bits per heavy atom. The molecule has 4 heteroatoms. The number of nitrogens with one attached hydrogen (secondary N) is 1. The normalized spacial score (nSPS) is 17.7. The number of benzene rings is 1. The summed E-state index contributed by atoms with van der Waals surface area (Å²) >= 11 is 0. The van der Waals surface area contributed by atoms with Crippen LogP contribution in [0, 0.1) is 11.8 Å². The second-order valence-electron chi connectivity index (χ2n) is 5.18. The van der Waals surface area contributed by atoms with Crippen LogP contribution in [0.5, 0.6) is 0 Å². The van der Waals surface area contributed by atoms with Crippen LogP contribution in [0.25, 0.3) is 0 Å². The molecule has 1 aromatic rings. The molecular weight excluding hydrogens is 276 g/mol. The number of carbonyl (C=O) groups excluding carboxylic acids is 2. The highest BCUT2D eigenvalue weighted by atomic mass is 16.2. The van der Waals surface area contributed by atoms with Crippen LogP contribution in [0.3, 0.4) is 0 Å². The lowest BCUT2D eigenvalue weighted by atomic mass is 9.92. The lowest BCUT2D eigenvalue weighted by Gasteiger charge is -2.35. The molecule has 2 rings (SSSR count). The summed E-state index contributed by atoms with van der Waals surface area (Å²) in [5, 5.41) is 2.93. The molecule has 22 heavy (non-hydrogen) atoms. The van der Waals surface area contributed by atoms with Gasteiger partial charge >= 0.3 is 6.03 Å². The SMILES string of the molecule is CC#CCCN1C(=O)NC(c2ccccc2)C(C(C)=O)=C1C. The third-order valence-corrected chi connectivity index (χ3v) is 3.75. The zero-order valence-corrected chi connectivity index (χ0v) is 13.1. The maximum atomic E-state index is 12.4. The average molecular weight is 296 g/mol. The molecular formula is C18H20N2O2. The molecule has 4 nitrogen and oxygen atoms in total. The zero-order valence-electron chi connectivity index (χ0n) is 13.1. The molecule has 1 heterocycles. The van der Waals surface area contributed by atoms with Crippen molar-refractivity contribution in [3.63, 3.8) is 0 Å². The lowest BCUT2D eigenvalue weighted by molar-refractivity contribution is -0.114. The largest absolute Gasteiger partial charge is 0.327 e. The average Bonchev–Trinajstić information content (AvgIpc) is 2.50. The first-order chi connectivity index (χ1) is 10.6. The molecule has 0 fully saturated rings. The fourth-order valence-electron chi connectivity index (χ4n) is 2.70. The van der Waals surface area contributed by atoms with Gasteiger partial charge in [-0.3, -0.25) is 9.69 Å². The van der Waals surface area contributed by atoms with Crippen molar-refractivity contribution in [2.45, 2.75) is 33.2 Å². The fraction of sp³-hybridized carbons (Fsp3) is 0.333. The Morgan fingerprint density at radius 1 is 1.32 bits per heavy atom. The van der Waals surface area contributed by atoms with Crippen LogP contribution in [0.1, 0.15) is 38.8 Å². The summed E-state index contributed by atoms with van der Waals surface area (Å²) in [6.45, 7) is 5.61. The maximum Gasteiger partial charge on any atom is 0.322 e. The van der Waals surface area contributed by atoms with E-state index in [0.717, 1.165) is 5.56 Å². The number of rotatable bonds is 4. The van der Waals surface area contributed by atoms with E-state index in [1.807, 2.05) is 37.3 Å². The first-order valence-electron chi connectivity index (χ1n) is 7.30. The molecule has 0 spiro atoms. The molecule has 1 atom stereocenters. The molecule has 1 aliphatic rings. The first-order valence-corrected chi connectivity index (χ1v) is 7.30. The molecule has 1 aliphatic heterocycles.